The third-order valence-electron chi connectivity index (χ3n) is 4.58. The van der Waals surface area contributed by atoms with Gasteiger partial charge in [-0.2, -0.15) is 0 Å². The maximum Gasteiger partial charge on any atom is 0.362 e. The van der Waals surface area contributed by atoms with Gasteiger partial charge >= 0.3 is 11.9 Å². The van der Waals surface area contributed by atoms with E-state index in [0.717, 1.165) is 18.7 Å². The van der Waals surface area contributed by atoms with E-state index in [-0.39, 0.29) is 11.0 Å². The summed E-state index contributed by atoms with van der Waals surface area (Å²) in [5.41, 5.74) is 0. The Morgan fingerprint density at radius 2 is 1.82 bits per heavy atom. The zero-order valence-corrected chi connectivity index (χ0v) is 13.8. The quantitative estimate of drug-likeness (QED) is 0.453. The maximum atomic E-state index is 11.4. The Balaban J connectivity index is 2.65. The number of unbranched alkanes of at least 4 members (excludes halogenated alkanes) is 5. The summed E-state index contributed by atoms with van der Waals surface area (Å²) in [6.45, 7) is 4.58. The lowest BCUT2D eigenvalue weighted by Crippen LogP contribution is -2.61. The van der Waals surface area contributed by atoms with Crippen molar-refractivity contribution in [2.45, 2.75) is 64.8 Å². The molecule has 0 bridgehead atoms. The number of amidine groups is 1. The number of hydrogen-bond acceptors (Lipinski definition) is 3. The van der Waals surface area contributed by atoms with E-state index in [1.807, 2.05) is 0 Å². The number of carboxylic acid groups (broad SMARTS) is 2. The van der Waals surface area contributed by atoms with Crippen molar-refractivity contribution in [2.24, 2.45) is 4.99 Å². The monoisotopic (exact) mass is 313 g/mol. The number of hydrogen-bond donors (Lipinski definition) is 2. The summed E-state index contributed by atoms with van der Waals surface area (Å²) >= 11 is 0. The lowest BCUT2D eigenvalue weighted by Gasteiger charge is -2.36. The molecule has 6 nitrogen and oxygen atoms in total. The molecule has 1 rings (SSSR count). The van der Waals surface area contributed by atoms with Crippen molar-refractivity contribution in [1.29, 1.82) is 0 Å². The van der Waals surface area contributed by atoms with Crippen molar-refractivity contribution in [3.05, 3.63) is 0 Å². The summed E-state index contributed by atoms with van der Waals surface area (Å²) in [4.78, 5) is 27.1. The van der Waals surface area contributed by atoms with Crippen LogP contribution in [0, 0.1) is 0 Å². The number of aliphatic imine (C=N–C) groups is 1. The van der Waals surface area contributed by atoms with E-state index < -0.39 is 18.0 Å². The fraction of sp³-hybridized carbons (Fsp3) is 0.812. The maximum absolute atomic E-state index is 11.4. The van der Waals surface area contributed by atoms with E-state index in [1.54, 1.807) is 6.92 Å². The predicted octanol–water partition coefficient (Wildman–Crippen LogP) is 2.52. The van der Waals surface area contributed by atoms with Crippen LogP contribution < -0.4 is 0 Å². The molecule has 0 radical (unpaired) electrons. The molecule has 0 fully saturated rings. The van der Waals surface area contributed by atoms with E-state index in [0.29, 0.717) is 19.5 Å². The van der Waals surface area contributed by atoms with Crippen LogP contribution in [-0.2, 0) is 9.59 Å². The Kier molecular flexibility index (Phi) is 7.51. The van der Waals surface area contributed by atoms with Gasteiger partial charge in [0.2, 0.25) is 0 Å². The average molecular weight is 313 g/mol. The molecule has 1 aliphatic rings. The smallest absolute Gasteiger partial charge is 0.362 e. The van der Waals surface area contributed by atoms with Gasteiger partial charge in [0, 0.05) is 6.42 Å². The molecular formula is C16H29N2O4+. The molecule has 126 valence electrons. The molecular weight excluding hydrogens is 284 g/mol. The van der Waals surface area contributed by atoms with Crippen LogP contribution in [0.3, 0.4) is 0 Å². The summed E-state index contributed by atoms with van der Waals surface area (Å²) in [5.74, 6) is -1.17. The van der Waals surface area contributed by atoms with E-state index in [9.17, 15) is 19.8 Å². The minimum atomic E-state index is -0.967. The van der Waals surface area contributed by atoms with Crippen LogP contribution in [0.5, 0.6) is 0 Å². The summed E-state index contributed by atoms with van der Waals surface area (Å²) in [7, 11) is 0. The molecule has 2 N–H and O–H groups in total. The number of carboxylic acids is 2. The van der Waals surface area contributed by atoms with E-state index in [4.69, 9.17) is 0 Å². The fourth-order valence-electron chi connectivity index (χ4n) is 3.17. The second kappa shape index (κ2) is 8.88. The third kappa shape index (κ3) is 4.80. The fourth-order valence-corrected chi connectivity index (χ4v) is 3.17. The SMILES string of the molecule is CCCCCCCCC1=NCC[N+]1(CC(=O)O)C(C)C(=O)O. The molecule has 0 saturated heterocycles. The van der Waals surface area contributed by atoms with Crippen molar-refractivity contribution >= 4 is 17.8 Å². The molecule has 0 spiro atoms. The van der Waals surface area contributed by atoms with Gasteiger partial charge in [0.15, 0.2) is 18.4 Å². The molecule has 6 heteroatoms. The highest BCUT2D eigenvalue weighted by Gasteiger charge is 2.47. The van der Waals surface area contributed by atoms with Gasteiger partial charge in [0.05, 0.1) is 6.54 Å². The molecule has 0 aromatic rings. The highest BCUT2D eigenvalue weighted by molar-refractivity contribution is 5.83. The van der Waals surface area contributed by atoms with Gasteiger partial charge in [-0.15, -0.1) is 0 Å². The first kappa shape index (κ1) is 18.6. The zero-order valence-electron chi connectivity index (χ0n) is 13.8. The zero-order chi connectivity index (χ0) is 16.6. The highest BCUT2D eigenvalue weighted by atomic mass is 16.4. The Labute approximate surface area is 132 Å². The lowest BCUT2D eigenvalue weighted by atomic mass is 10.1. The van der Waals surface area contributed by atoms with E-state index >= 15 is 0 Å². The Bertz CT molecular complexity index is 422. The molecule has 0 aromatic heterocycles. The second-order valence-electron chi connectivity index (χ2n) is 6.14. The second-order valence-corrected chi connectivity index (χ2v) is 6.14. The number of rotatable bonds is 11. The predicted molar refractivity (Wildman–Crippen MR) is 85.0 cm³/mol. The minimum absolute atomic E-state index is 0.0143. The third-order valence-corrected chi connectivity index (χ3v) is 4.58. The van der Waals surface area contributed by atoms with Gasteiger partial charge in [0.25, 0.3) is 0 Å². The first-order valence-corrected chi connectivity index (χ1v) is 8.29. The van der Waals surface area contributed by atoms with Crippen LogP contribution in [-0.4, -0.2) is 58.1 Å². The molecule has 22 heavy (non-hydrogen) atoms. The lowest BCUT2D eigenvalue weighted by molar-refractivity contribution is -0.844. The van der Waals surface area contributed by atoms with Gasteiger partial charge in [-0.3, -0.25) is 4.48 Å². The van der Waals surface area contributed by atoms with Gasteiger partial charge in [-0.1, -0.05) is 39.0 Å². The van der Waals surface area contributed by atoms with Crippen LogP contribution in [0.2, 0.25) is 0 Å². The van der Waals surface area contributed by atoms with Crippen molar-refractivity contribution < 1.29 is 24.3 Å². The minimum Gasteiger partial charge on any atom is -0.477 e. The Morgan fingerprint density at radius 1 is 1.18 bits per heavy atom. The molecule has 1 heterocycles. The largest absolute Gasteiger partial charge is 0.477 e. The summed E-state index contributed by atoms with van der Waals surface area (Å²) in [5, 5.41) is 18.5. The van der Waals surface area contributed by atoms with Crippen LogP contribution in [0.4, 0.5) is 0 Å². The summed E-state index contributed by atoms with van der Waals surface area (Å²) in [6.07, 6.45) is 7.61. The number of aliphatic carboxylic acids is 2. The highest BCUT2D eigenvalue weighted by Crippen LogP contribution is 2.24. The van der Waals surface area contributed by atoms with Crippen molar-refractivity contribution in [3.8, 4) is 0 Å². The Morgan fingerprint density at radius 3 is 2.41 bits per heavy atom. The molecule has 2 atom stereocenters. The normalized spacial score (nSPS) is 22.4. The van der Waals surface area contributed by atoms with Gasteiger partial charge < -0.3 is 10.2 Å². The van der Waals surface area contributed by atoms with Gasteiger partial charge in [-0.05, 0) is 13.3 Å². The van der Waals surface area contributed by atoms with Crippen LogP contribution >= 0.6 is 0 Å². The molecule has 2 unspecified atom stereocenters. The summed E-state index contributed by atoms with van der Waals surface area (Å²) in [6, 6.07) is -0.766. The van der Waals surface area contributed by atoms with Crippen LogP contribution in [0.15, 0.2) is 4.99 Å². The van der Waals surface area contributed by atoms with Crippen molar-refractivity contribution in [2.75, 3.05) is 19.6 Å². The van der Waals surface area contributed by atoms with Crippen LogP contribution in [0.25, 0.3) is 0 Å². The number of carbonyl (C=O) groups is 2. The number of quaternary nitrogens is 1. The van der Waals surface area contributed by atoms with Crippen LogP contribution in [0.1, 0.15) is 58.8 Å². The summed E-state index contributed by atoms with van der Waals surface area (Å²) < 4.78 is -0.0143. The van der Waals surface area contributed by atoms with E-state index in [2.05, 4.69) is 11.9 Å². The average Bonchev–Trinajstić information content (AvgIpc) is 2.84. The van der Waals surface area contributed by atoms with Gasteiger partial charge in [-0.25, -0.2) is 14.6 Å². The van der Waals surface area contributed by atoms with Crippen molar-refractivity contribution in [3.63, 3.8) is 0 Å². The first-order valence-electron chi connectivity index (χ1n) is 8.29. The Hall–Kier alpha value is -1.43. The standard InChI is InChI=1S/C16H28N2O4/c1-3-4-5-6-7-8-9-14-17-10-11-18(14,12-15(19)20)13(2)16(21)22/h13H,3-12H2,1-2H3,(H-,19,20,21,22)/p+1. The van der Waals surface area contributed by atoms with E-state index in [1.165, 1.54) is 25.7 Å². The molecule has 0 aliphatic carbocycles. The number of nitrogens with zero attached hydrogens (tertiary/aromatic N) is 2. The molecule has 0 aromatic carbocycles. The molecule has 0 amide bonds. The van der Waals surface area contributed by atoms with Crippen molar-refractivity contribution in [1.82, 2.24) is 0 Å². The first-order chi connectivity index (χ1) is 10.4. The van der Waals surface area contributed by atoms with Gasteiger partial charge in [0.1, 0.15) is 6.54 Å². The topological polar surface area (TPSA) is 87.0 Å². The molecule has 1 aliphatic heterocycles. The molecule has 0 saturated carbocycles.